The van der Waals surface area contributed by atoms with Crippen LogP contribution in [0.25, 0.3) is 10.6 Å². The van der Waals surface area contributed by atoms with E-state index < -0.39 is 0 Å². The van der Waals surface area contributed by atoms with Gasteiger partial charge in [-0.2, -0.15) is 9.97 Å². The van der Waals surface area contributed by atoms with Crippen LogP contribution in [0.5, 0.6) is 17.8 Å². The van der Waals surface area contributed by atoms with Crippen molar-refractivity contribution in [2.45, 2.75) is 27.7 Å². The molecule has 9 heteroatoms. The summed E-state index contributed by atoms with van der Waals surface area (Å²) in [7, 11) is 0. The Kier molecular flexibility index (Phi) is 6.49. The van der Waals surface area contributed by atoms with Gasteiger partial charge in [0.15, 0.2) is 0 Å². The van der Waals surface area contributed by atoms with Crippen LogP contribution in [-0.4, -0.2) is 38.9 Å². The van der Waals surface area contributed by atoms with E-state index in [2.05, 4.69) is 25.1 Å². The number of rotatable bonds is 8. The van der Waals surface area contributed by atoms with Gasteiger partial charge in [-0.25, -0.2) is 4.98 Å². The van der Waals surface area contributed by atoms with Crippen LogP contribution in [0.2, 0.25) is 0 Å². The molecule has 3 heterocycles. The summed E-state index contributed by atoms with van der Waals surface area (Å²) in [5.41, 5.74) is 2.51. The van der Waals surface area contributed by atoms with Crippen molar-refractivity contribution in [3.05, 3.63) is 41.2 Å². The van der Waals surface area contributed by atoms with Crippen LogP contribution in [0.4, 0.5) is 0 Å². The molecule has 0 saturated heterocycles. The van der Waals surface area contributed by atoms with Gasteiger partial charge < -0.3 is 14.3 Å². The Morgan fingerprint density at radius 3 is 2.43 bits per heavy atom. The monoisotopic (exact) mass is 399 g/mol. The highest BCUT2D eigenvalue weighted by Crippen LogP contribution is 2.28. The molecule has 146 valence electrons. The van der Waals surface area contributed by atoms with Crippen molar-refractivity contribution < 1.29 is 14.3 Å². The highest BCUT2D eigenvalue weighted by molar-refractivity contribution is 7.17. The number of hydrogen-bond acceptors (Lipinski definition) is 9. The fourth-order valence-corrected chi connectivity index (χ4v) is 3.36. The second-order valence-electron chi connectivity index (χ2n) is 5.64. The third-order valence-corrected chi connectivity index (χ3v) is 4.86. The lowest BCUT2D eigenvalue weighted by Gasteiger charge is -2.07. The van der Waals surface area contributed by atoms with Crippen LogP contribution in [0.3, 0.4) is 0 Å². The van der Waals surface area contributed by atoms with E-state index in [1.165, 1.54) is 11.3 Å². The van der Waals surface area contributed by atoms with Crippen molar-refractivity contribution in [1.82, 2.24) is 19.9 Å². The molecule has 0 unspecified atom stereocenters. The first kappa shape index (κ1) is 19.7. The Bertz CT molecular complexity index is 935. The van der Waals surface area contributed by atoms with E-state index >= 15 is 0 Å². The number of oxime groups is 1. The highest BCUT2D eigenvalue weighted by Gasteiger charge is 2.13. The van der Waals surface area contributed by atoms with Crippen molar-refractivity contribution in [3.63, 3.8) is 0 Å². The Labute approximate surface area is 167 Å². The van der Waals surface area contributed by atoms with E-state index in [4.69, 9.17) is 14.3 Å². The van der Waals surface area contributed by atoms with E-state index in [0.717, 1.165) is 21.1 Å². The zero-order valence-electron chi connectivity index (χ0n) is 16.2. The fraction of sp³-hybridized carbons (Fsp3) is 0.316. The summed E-state index contributed by atoms with van der Waals surface area (Å²) in [4.78, 5) is 23.5. The molecule has 0 aromatic carbocycles. The smallest absolute Gasteiger partial charge is 0.352 e. The molecule has 0 radical (unpaired) electrons. The Morgan fingerprint density at radius 2 is 1.82 bits per heavy atom. The average Bonchev–Trinajstić information content (AvgIpc) is 3.09. The maximum Gasteiger partial charge on any atom is 0.352 e. The molecule has 0 fully saturated rings. The molecule has 3 aromatic rings. The van der Waals surface area contributed by atoms with Gasteiger partial charge in [-0.15, -0.1) is 11.3 Å². The number of ether oxygens (including phenoxy) is 2. The van der Waals surface area contributed by atoms with Gasteiger partial charge in [0.25, 0.3) is 0 Å². The number of hydrogen-bond donors (Lipinski definition) is 0. The number of aromatic nitrogens is 4. The van der Waals surface area contributed by atoms with Crippen LogP contribution in [-0.2, 0) is 0 Å². The first-order valence-corrected chi connectivity index (χ1v) is 9.66. The minimum atomic E-state index is 0.0587. The molecule has 0 aliphatic rings. The molecule has 0 aliphatic carbocycles. The second kappa shape index (κ2) is 9.23. The molecule has 0 saturated carbocycles. The predicted molar refractivity (Wildman–Crippen MR) is 107 cm³/mol. The zero-order chi connectivity index (χ0) is 19.9. The molecular weight excluding hydrogens is 378 g/mol. The number of thiazole rings is 1. The van der Waals surface area contributed by atoms with Gasteiger partial charge in [0.2, 0.25) is 11.8 Å². The van der Waals surface area contributed by atoms with E-state index in [-0.39, 0.29) is 6.01 Å². The maximum atomic E-state index is 5.44. The molecule has 3 aromatic heterocycles. The summed E-state index contributed by atoms with van der Waals surface area (Å²) >= 11 is 1.53. The molecule has 0 bridgehead atoms. The molecule has 28 heavy (non-hydrogen) atoms. The second-order valence-corrected chi connectivity index (χ2v) is 6.64. The summed E-state index contributed by atoms with van der Waals surface area (Å²) in [6.07, 6.45) is 3.52. The largest absolute Gasteiger partial charge is 0.478 e. The summed E-state index contributed by atoms with van der Waals surface area (Å²) in [6.45, 7) is 8.48. The van der Waals surface area contributed by atoms with Crippen LogP contribution >= 0.6 is 11.3 Å². The van der Waals surface area contributed by atoms with Crippen LogP contribution in [0.15, 0.2) is 35.7 Å². The van der Waals surface area contributed by atoms with Crippen molar-refractivity contribution >= 4 is 17.0 Å². The molecular formula is C19H21N5O3S. The average molecular weight is 399 g/mol. The van der Waals surface area contributed by atoms with Crippen LogP contribution in [0, 0.1) is 6.92 Å². The lowest BCUT2D eigenvalue weighted by atomic mass is 10.3. The third-order valence-electron chi connectivity index (χ3n) is 3.54. The summed E-state index contributed by atoms with van der Waals surface area (Å²) in [6, 6.07) is 5.53. The van der Waals surface area contributed by atoms with E-state index in [1.54, 1.807) is 18.5 Å². The fourth-order valence-electron chi connectivity index (χ4n) is 2.36. The molecule has 0 N–H and O–H groups in total. The van der Waals surface area contributed by atoms with Crippen LogP contribution < -0.4 is 14.3 Å². The summed E-state index contributed by atoms with van der Waals surface area (Å²) in [5, 5.41) is 5.05. The van der Waals surface area contributed by atoms with Gasteiger partial charge >= 0.3 is 6.01 Å². The molecule has 0 atom stereocenters. The maximum absolute atomic E-state index is 5.44. The molecule has 3 rings (SSSR count). The minimum absolute atomic E-state index is 0.0587. The summed E-state index contributed by atoms with van der Waals surface area (Å²) < 4.78 is 10.8. The normalized spacial score (nSPS) is 11.4. The standard InChI is InChI=1S/C19H21N5O3S/c1-5-25-15-10-16(26-6-2)23-19(22-15)27-24-13(4)17-12(3)21-18(28-17)14-8-7-9-20-11-14/h7-11H,5-6H2,1-4H3/b24-13+. The lowest BCUT2D eigenvalue weighted by Crippen LogP contribution is -2.03. The van der Waals surface area contributed by atoms with Gasteiger partial charge in [0, 0.05) is 18.0 Å². The van der Waals surface area contributed by atoms with Crippen molar-refractivity contribution in [2.24, 2.45) is 5.16 Å². The van der Waals surface area contributed by atoms with Gasteiger partial charge in [0.1, 0.15) is 5.01 Å². The minimum Gasteiger partial charge on any atom is -0.478 e. The quantitative estimate of drug-likeness (QED) is 0.419. The van der Waals surface area contributed by atoms with E-state index in [9.17, 15) is 0 Å². The van der Waals surface area contributed by atoms with Crippen LogP contribution in [0.1, 0.15) is 31.3 Å². The van der Waals surface area contributed by atoms with Crippen molar-refractivity contribution in [1.29, 1.82) is 0 Å². The van der Waals surface area contributed by atoms with Gasteiger partial charge in [-0.3, -0.25) is 4.98 Å². The number of aryl methyl sites for hydroxylation is 1. The molecule has 0 aliphatic heterocycles. The van der Waals surface area contributed by atoms with E-state index in [1.807, 2.05) is 39.8 Å². The summed E-state index contributed by atoms with van der Waals surface area (Å²) in [5.74, 6) is 0.744. The van der Waals surface area contributed by atoms with E-state index in [0.29, 0.717) is 30.7 Å². The first-order valence-electron chi connectivity index (χ1n) is 8.85. The first-order chi connectivity index (χ1) is 13.6. The molecule has 0 amide bonds. The van der Waals surface area contributed by atoms with Gasteiger partial charge in [-0.05, 0) is 39.8 Å². The predicted octanol–water partition coefficient (Wildman–Crippen LogP) is 3.90. The Balaban J connectivity index is 1.82. The third kappa shape index (κ3) is 4.80. The number of nitrogens with zero attached hydrogens (tertiary/aromatic N) is 5. The van der Waals surface area contributed by atoms with Gasteiger partial charge in [-0.1, -0.05) is 5.16 Å². The highest BCUT2D eigenvalue weighted by atomic mass is 32.1. The van der Waals surface area contributed by atoms with Crippen molar-refractivity contribution in [2.75, 3.05) is 13.2 Å². The topological polar surface area (TPSA) is 91.6 Å². The Morgan fingerprint density at radius 1 is 1.11 bits per heavy atom. The SMILES string of the molecule is CCOc1cc(OCC)nc(O/N=C(\C)c2sc(-c3cccnc3)nc2C)n1. The van der Waals surface area contributed by atoms with Crippen molar-refractivity contribution in [3.8, 4) is 28.3 Å². The number of pyridine rings is 1. The molecule has 8 nitrogen and oxygen atoms in total. The van der Waals surface area contributed by atoms with Gasteiger partial charge in [0.05, 0.1) is 35.6 Å². The molecule has 0 spiro atoms. The zero-order valence-corrected chi connectivity index (χ0v) is 17.0. The lowest BCUT2D eigenvalue weighted by molar-refractivity contribution is 0.269. The Hall–Kier alpha value is -3.07.